The SMILES string of the molecule is COc1cc(/C=N\NC(=O)CSc2nc3ccccc3s2)ccc1OCC(=O)O. The number of thioether (sulfide) groups is 1. The highest BCUT2D eigenvalue weighted by Gasteiger charge is 2.08. The summed E-state index contributed by atoms with van der Waals surface area (Å²) in [6.07, 6.45) is 1.46. The van der Waals surface area contributed by atoms with Gasteiger partial charge in [-0.05, 0) is 35.9 Å². The maximum absolute atomic E-state index is 12.0. The van der Waals surface area contributed by atoms with Crippen molar-refractivity contribution in [2.24, 2.45) is 5.10 Å². The maximum atomic E-state index is 12.0. The van der Waals surface area contributed by atoms with Crippen molar-refractivity contribution in [1.82, 2.24) is 10.4 Å². The molecule has 0 spiro atoms. The molecule has 1 aromatic heterocycles. The van der Waals surface area contributed by atoms with E-state index in [0.717, 1.165) is 14.6 Å². The zero-order valence-electron chi connectivity index (χ0n) is 15.3. The molecule has 1 heterocycles. The molecule has 2 N–H and O–H groups in total. The van der Waals surface area contributed by atoms with E-state index in [9.17, 15) is 9.59 Å². The third kappa shape index (κ3) is 5.93. The molecule has 0 saturated carbocycles. The number of amides is 1. The number of hydrogen-bond donors (Lipinski definition) is 2. The number of benzene rings is 2. The van der Waals surface area contributed by atoms with Gasteiger partial charge >= 0.3 is 5.97 Å². The van der Waals surface area contributed by atoms with Crippen LogP contribution in [-0.4, -0.2) is 47.7 Å². The molecule has 0 bridgehead atoms. The average molecular weight is 431 g/mol. The molecule has 150 valence electrons. The Hall–Kier alpha value is -3.11. The van der Waals surface area contributed by atoms with Gasteiger partial charge in [-0.25, -0.2) is 15.2 Å². The highest BCUT2D eigenvalue weighted by Crippen LogP contribution is 2.29. The largest absolute Gasteiger partial charge is 0.493 e. The molecule has 3 rings (SSSR count). The zero-order chi connectivity index (χ0) is 20.6. The number of hydrogen-bond acceptors (Lipinski definition) is 8. The Morgan fingerprint density at radius 2 is 2.10 bits per heavy atom. The number of fused-ring (bicyclic) bond motifs is 1. The number of hydrazone groups is 1. The fourth-order valence-corrected chi connectivity index (χ4v) is 4.14. The van der Waals surface area contributed by atoms with Gasteiger partial charge in [0.2, 0.25) is 0 Å². The van der Waals surface area contributed by atoms with Crippen LogP contribution >= 0.6 is 23.1 Å². The van der Waals surface area contributed by atoms with Crippen molar-refractivity contribution in [1.29, 1.82) is 0 Å². The fourth-order valence-electron chi connectivity index (χ4n) is 2.27. The number of aromatic nitrogens is 1. The molecule has 0 aliphatic heterocycles. The van der Waals surface area contributed by atoms with E-state index in [1.54, 1.807) is 29.5 Å². The molecule has 1 amide bonds. The average Bonchev–Trinajstić information content (AvgIpc) is 3.14. The Labute approximate surface area is 174 Å². The minimum Gasteiger partial charge on any atom is -0.493 e. The number of rotatable bonds is 9. The van der Waals surface area contributed by atoms with Gasteiger partial charge in [0.25, 0.3) is 5.91 Å². The third-order valence-corrected chi connectivity index (χ3v) is 5.72. The van der Waals surface area contributed by atoms with Gasteiger partial charge in [-0.3, -0.25) is 4.79 Å². The monoisotopic (exact) mass is 431 g/mol. The number of aliphatic carboxylic acids is 1. The summed E-state index contributed by atoms with van der Waals surface area (Å²) in [4.78, 5) is 27.0. The smallest absolute Gasteiger partial charge is 0.341 e. The molecular weight excluding hydrogens is 414 g/mol. The van der Waals surface area contributed by atoms with E-state index < -0.39 is 12.6 Å². The summed E-state index contributed by atoms with van der Waals surface area (Å²) >= 11 is 2.90. The Balaban J connectivity index is 1.51. The van der Waals surface area contributed by atoms with Gasteiger partial charge in [-0.2, -0.15) is 5.10 Å². The number of nitrogens with zero attached hydrogens (tertiary/aromatic N) is 2. The summed E-state index contributed by atoms with van der Waals surface area (Å²) in [5, 5.41) is 12.6. The van der Waals surface area contributed by atoms with Crippen LogP contribution in [0.25, 0.3) is 10.2 Å². The van der Waals surface area contributed by atoms with Crippen molar-refractivity contribution >= 4 is 51.4 Å². The minimum atomic E-state index is -1.08. The van der Waals surface area contributed by atoms with Crippen LogP contribution in [0, 0.1) is 0 Å². The van der Waals surface area contributed by atoms with E-state index in [0.29, 0.717) is 17.1 Å². The Morgan fingerprint density at radius 1 is 1.28 bits per heavy atom. The second-order valence-electron chi connectivity index (χ2n) is 5.62. The maximum Gasteiger partial charge on any atom is 0.341 e. The summed E-state index contributed by atoms with van der Waals surface area (Å²) < 4.78 is 12.2. The quantitative estimate of drug-likeness (QED) is 0.304. The van der Waals surface area contributed by atoms with Crippen molar-refractivity contribution < 1.29 is 24.2 Å². The molecule has 0 saturated heterocycles. The number of carboxylic acid groups (broad SMARTS) is 1. The van der Waals surface area contributed by atoms with Crippen LogP contribution in [0.5, 0.6) is 11.5 Å². The number of carbonyl (C=O) groups excluding carboxylic acids is 1. The van der Waals surface area contributed by atoms with Crippen molar-refractivity contribution in [2.45, 2.75) is 4.34 Å². The number of nitrogens with one attached hydrogen (secondary N) is 1. The van der Waals surface area contributed by atoms with Crippen LogP contribution < -0.4 is 14.9 Å². The lowest BCUT2D eigenvalue weighted by Gasteiger charge is -2.09. The van der Waals surface area contributed by atoms with Crippen LogP contribution in [-0.2, 0) is 9.59 Å². The van der Waals surface area contributed by atoms with Crippen LogP contribution in [0.15, 0.2) is 51.9 Å². The highest BCUT2D eigenvalue weighted by molar-refractivity contribution is 8.01. The highest BCUT2D eigenvalue weighted by atomic mass is 32.2. The molecule has 0 radical (unpaired) electrons. The number of thiazole rings is 1. The Kier molecular flexibility index (Phi) is 7.04. The summed E-state index contributed by atoms with van der Waals surface area (Å²) in [5.41, 5.74) is 4.04. The van der Waals surface area contributed by atoms with E-state index in [1.165, 1.54) is 25.1 Å². The second-order valence-corrected chi connectivity index (χ2v) is 7.88. The number of carbonyl (C=O) groups is 2. The van der Waals surface area contributed by atoms with Crippen molar-refractivity contribution in [3.05, 3.63) is 48.0 Å². The summed E-state index contributed by atoms with van der Waals surface area (Å²) in [5.74, 6) is -0.457. The summed E-state index contributed by atoms with van der Waals surface area (Å²) in [6.45, 7) is -0.466. The van der Waals surface area contributed by atoms with Gasteiger partial charge < -0.3 is 14.6 Å². The lowest BCUT2D eigenvalue weighted by molar-refractivity contribution is -0.139. The zero-order valence-corrected chi connectivity index (χ0v) is 17.0. The van der Waals surface area contributed by atoms with E-state index in [4.69, 9.17) is 14.6 Å². The van der Waals surface area contributed by atoms with Crippen LogP contribution in [0.3, 0.4) is 0 Å². The fraction of sp³-hybridized carbons (Fsp3) is 0.158. The standard InChI is InChI=1S/C19H17N3O5S2/c1-26-15-8-12(6-7-14(15)27-10-18(24)25)9-20-22-17(23)11-28-19-21-13-4-2-3-5-16(13)29-19/h2-9H,10-11H2,1H3,(H,22,23)(H,24,25)/b20-9-. The van der Waals surface area contributed by atoms with Gasteiger partial charge in [-0.15, -0.1) is 11.3 Å². The number of ether oxygens (including phenoxy) is 2. The van der Waals surface area contributed by atoms with E-state index >= 15 is 0 Å². The third-order valence-electron chi connectivity index (χ3n) is 3.54. The lowest BCUT2D eigenvalue weighted by atomic mass is 10.2. The van der Waals surface area contributed by atoms with Gasteiger partial charge in [0, 0.05) is 0 Å². The summed E-state index contributed by atoms with van der Waals surface area (Å²) in [6, 6.07) is 12.7. The first-order chi connectivity index (χ1) is 14.0. The molecule has 2 aromatic carbocycles. The first kappa shape index (κ1) is 20.6. The molecule has 0 aliphatic rings. The minimum absolute atomic E-state index is 0.197. The van der Waals surface area contributed by atoms with Crippen molar-refractivity contribution in [2.75, 3.05) is 19.5 Å². The van der Waals surface area contributed by atoms with Crippen LogP contribution in [0.4, 0.5) is 0 Å². The predicted octanol–water partition coefficient (Wildman–Crippen LogP) is 3.01. The van der Waals surface area contributed by atoms with Crippen molar-refractivity contribution in [3.63, 3.8) is 0 Å². The molecule has 0 aliphatic carbocycles. The molecule has 10 heteroatoms. The van der Waals surface area contributed by atoms with Gasteiger partial charge in [0.1, 0.15) is 0 Å². The van der Waals surface area contributed by atoms with Gasteiger partial charge in [-0.1, -0.05) is 23.9 Å². The molecule has 0 fully saturated rings. The van der Waals surface area contributed by atoms with Crippen molar-refractivity contribution in [3.8, 4) is 11.5 Å². The topological polar surface area (TPSA) is 110 Å². The number of methoxy groups -OCH3 is 1. The Morgan fingerprint density at radius 3 is 2.86 bits per heavy atom. The molecule has 29 heavy (non-hydrogen) atoms. The van der Waals surface area contributed by atoms with E-state index in [2.05, 4.69) is 15.5 Å². The predicted molar refractivity (Wildman–Crippen MR) is 112 cm³/mol. The van der Waals surface area contributed by atoms with Gasteiger partial charge in [0.05, 0.1) is 29.3 Å². The number of para-hydroxylation sites is 1. The van der Waals surface area contributed by atoms with E-state index in [-0.39, 0.29) is 11.7 Å². The molecule has 0 unspecified atom stereocenters. The second kappa shape index (κ2) is 9.89. The lowest BCUT2D eigenvalue weighted by Crippen LogP contribution is -2.19. The molecule has 3 aromatic rings. The molecular formula is C19H17N3O5S2. The first-order valence-electron chi connectivity index (χ1n) is 8.38. The van der Waals surface area contributed by atoms with Crippen LogP contribution in [0.2, 0.25) is 0 Å². The summed E-state index contributed by atoms with van der Waals surface area (Å²) in [7, 11) is 1.45. The molecule has 8 nitrogen and oxygen atoms in total. The van der Waals surface area contributed by atoms with E-state index in [1.807, 2.05) is 24.3 Å². The first-order valence-corrected chi connectivity index (χ1v) is 10.2. The molecule has 0 atom stereocenters. The number of carboxylic acids is 1. The normalized spacial score (nSPS) is 10.9. The Bertz CT molecular complexity index is 1020. The van der Waals surface area contributed by atoms with Crippen LogP contribution in [0.1, 0.15) is 5.56 Å². The van der Waals surface area contributed by atoms with Gasteiger partial charge in [0.15, 0.2) is 22.4 Å².